The molecule has 1 atom stereocenters. The number of phenols is 1. The van der Waals surface area contributed by atoms with Gasteiger partial charge in [0.05, 0.1) is 6.10 Å². The lowest BCUT2D eigenvalue weighted by molar-refractivity contribution is 0.197. The average Bonchev–Trinajstić information content (AvgIpc) is 2.10. The maximum absolute atomic E-state index is 10.1. The molecule has 0 aliphatic rings. The van der Waals surface area contributed by atoms with E-state index in [4.69, 9.17) is 0 Å². The van der Waals surface area contributed by atoms with E-state index in [0.29, 0.717) is 5.75 Å². The second-order valence-electron chi connectivity index (χ2n) is 5.78. The van der Waals surface area contributed by atoms with Crippen LogP contribution in [0.15, 0.2) is 12.1 Å². The van der Waals surface area contributed by atoms with E-state index in [0.717, 1.165) is 22.7 Å². The molecule has 1 rings (SSSR count). The van der Waals surface area contributed by atoms with Gasteiger partial charge in [-0.3, -0.25) is 0 Å². The van der Waals surface area contributed by atoms with Crippen LogP contribution in [-0.4, -0.2) is 18.3 Å². The van der Waals surface area contributed by atoms with Crippen molar-refractivity contribution in [3.8, 4) is 5.75 Å². The second-order valence-corrected chi connectivity index (χ2v) is 11.3. The third kappa shape index (κ3) is 3.35. The van der Waals surface area contributed by atoms with Crippen molar-refractivity contribution in [3.63, 3.8) is 0 Å². The number of aryl methyl sites for hydroxylation is 2. The van der Waals surface area contributed by atoms with Crippen molar-refractivity contribution in [3.05, 3.63) is 28.8 Å². The first-order chi connectivity index (χ1) is 7.20. The number of benzene rings is 1. The highest BCUT2D eigenvalue weighted by Crippen LogP contribution is 2.30. The monoisotopic (exact) mass is 238 g/mol. The van der Waals surface area contributed by atoms with E-state index in [1.54, 1.807) is 0 Å². The summed E-state index contributed by atoms with van der Waals surface area (Å²) in [5.41, 5.74) is 2.60. The van der Waals surface area contributed by atoms with Gasteiger partial charge in [0.2, 0.25) is 0 Å². The zero-order chi connectivity index (χ0) is 12.5. The summed E-state index contributed by atoms with van der Waals surface area (Å²) >= 11 is 0. The van der Waals surface area contributed by atoms with Crippen LogP contribution in [-0.2, 0) is 0 Å². The topological polar surface area (TPSA) is 40.5 Å². The van der Waals surface area contributed by atoms with E-state index in [9.17, 15) is 10.2 Å². The van der Waals surface area contributed by atoms with E-state index in [1.165, 1.54) is 0 Å². The number of phenolic OH excluding ortho intramolecular Hbond substituents is 1. The summed E-state index contributed by atoms with van der Waals surface area (Å²) in [4.78, 5) is 0. The maximum Gasteiger partial charge on any atom is 0.121 e. The molecular weight excluding hydrogens is 216 g/mol. The summed E-state index contributed by atoms with van der Waals surface area (Å²) < 4.78 is 0. The van der Waals surface area contributed by atoms with Crippen molar-refractivity contribution in [2.75, 3.05) is 0 Å². The molecule has 0 bridgehead atoms. The van der Waals surface area contributed by atoms with Crippen molar-refractivity contribution in [1.29, 1.82) is 0 Å². The fraction of sp³-hybridized carbons (Fsp3) is 0.538. The van der Waals surface area contributed by atoms with Crippen LogP contribution in [0.25, 0.3) is 0 Å². The first kappa shape index (κ1) is 13.3. The highest BCUT2D eigenvalue weighted by atomic mass is 28.3. The van der Waals surface area contributed by atoms with Crippen LogP contribution in [0.3, 0.4) is 0 Å². The van der Waals surface area contributed by atoms with E-state index in [-0.39, 0.29) is 0 Å². The molecule has 0 heterocycles. The Kier molecular flexibility index (Phi) is 3.81. The fourth-order valence-corrected chi connectivity index (χ4v) is 3.28. The summed E-state index contributed by atoms with van der Waals surface area (Å²) in [6.45, 7) is 10.5. The summed E-state index contributed by atoms with van der Waals surface area (Å²) in [7, 11) is -1.26. The van der Waals surface area contributed by atoms with Gasteiger partial charge in [-0.05, 0) is 48.7 Å². The Morgan fingerprint density at radius 3 is 1.94 bits per heavy atom. The zero-order valence-electron chi connectivity index (χ0n) is 10.8. The van der Waals surface area contributed by atoms with Gasteiger partial charge in [-0.2, -0.15) is 0 Å². The smallest absolute Gasteiger partial charge is 0.121 e. The van der Waals surface area contributed by atoms with Gasteiger partial charge >= 0.3 is 0 Å². The molecule has 0 aliphatic heterocycles. The molecule has 0 fully saturated rings. The van der Waals surface area contributed by atoms with E-state index in [2.05, 4.69) is 19.6 Å². The number of hydrogen-bond donors (Lipinski definition) is 2. The largest absolute Gasteiger partial charge is 0.507 e. The molecular formula is C13H22O2Si. The van der Waals surface area contributed by atoms with Crippen LogP contribution >= 0.6 is 0 Å². The summed E-state index contributed by atoms with van der Waals surface area (Å²) in [6, 6.07) is 4.62. The van der Waals surface area contributed by atoms with Gasteiger partial charge in [0.25, 0.3) is 0 Å². The Morgan fingerprint density at radius 2 is 1.56 bits per heavy atom. The van der Waals surface area contributed by atoms with Gasteiger partial charge in [0, 0.05) is 8.07 Å². The number of aliphatic hydroxyl groups excluding tert-OH is 1. The summed E-state index contributed by atoms with van der Waals surface area (Å²) in [6.07, 6.45) is -0.398. The standard InChI is InChI=1S/C13H22O2Si/c1-9-6-11(7-10(2)13(9)15)12(14)8-16(3,4)5/h6-7,12,14-15H,8H2,1-5H3. The Labute approximate surface area is 99.0 Å². The van der Waals surface area contributed by atoms with Gasteiger partial charge in [-0.15, -0.1) is 0 Å². The minimum Gasteiger partial charge on any atom is -0.507 e. The Bertz CT molecular complexity index is 357. The average molecular weight is 238 g/mol. The van der Waals surface area contributed by atoms with Gasteiger partial charge in [-0.25, -0.2) is 0 Å². The molecule has 1 unspecified atom stereocenters. The Balaban J connectivity index is 2.97. The highest BCUT2D eigenvalue weighted by molar-refractivity contribution is 6.76. The molecule has 0 spiro atoms. The molecule has 0 amide bonds. The molecule has 16 heavy (non-hydrogen) atoms. The van der Waals surface area contributed by atoms with Crippen molar-refractivity contribution in [2.24, 2.45) is 0 Å². The lowest BCUT2D eigenvalue weighted by atomic mass is 10.0. The fourth-order valence-electron chi connectivity index (χ4n) is 1.88. The molecule has 0 aliphatic carbocycles. The van der Waals surface area contributed by atoms with Crippen molar-refractivity contribution < 1.29 is 10.2 Å². The molecule has 0 saturated carbocycles. The molecule has 0 saturated heterocycles. The van der Waals surface area contributed by atoms with Crippen LogP contribution in [0.5, 0.6) is 5.75 Å². The number of aromatic hydroxyl groups is 1. The lowest BCUT2D eigenvalue weighted by Gasteiger charge is -2.21. The van der Waals surface area contributed by atoms with Crippen LogP contribution in [0, 0.1) is 13.8 Å². The number of aliphatic hydroxyl groups is 1. The van der Waals surface area contributed by atoms with Crippen molar-refractivity contribution in [2.45, 2.75) is 45.6 Å². The van der Waals surface area contributed by atoms with Crippen molar-refractivity contribution in [1.82, 2.24) is 0 Å². The first-order valence-electron chi connectivity index (χ1n) is 5.69. The lowest BCUT2D eigenvalue weighted by Crippen LogP contribution is -2.22. The molecule has 1 aromatic carbocycles. The molecule has 2 N–H and O–H groups in total. The van der Waals surface area contributed by atoms with E-state index < -0.39 is 14.2 Å². The van der Waals surface area contributed by atoms with Crippen LogP contribution in [0.2, 0.25) is 25.7 Å². The Hall–Kier alpha value is -0.803. The first-order valence-corrected chi connectivity index (χ1v) is 9.39. The zero-order valence-corrected chi connectivity index (χ0v) is 11.8. The SMILES string of the molecule is Cc1cc(C(O)C[Si](C)(C)C)cc(C)c1O. The van der Waals surface area contributed by atoms with Crippen LogP contribution in [0.4, 0.5) is 0 Å². The van der Waals surface area contributed by atoms with Gasteiger partial charge in [-0.1, -0.05) is 19.6 Å². The maximum atomic E-state index is 10.1. The third-order valence-electron chi connectivity index (χ3n) is 2.70. The number of hydrogen-bond acceptors (Lipinski definition) is 2. The van der Waals surface area contributed by atoms with Crippen molar-refractivity contribution >= 4 is 8.07 Å². The molecule has 2 nitrogen and oxygen atoms in total. The molecule has 90 valence electrons. The molecule has 0 aromatic heterocycles. The van der Waals surface area contributed by atoms with E-state index in [1.807, 2.05) is 26.0 Å². The number of rotatable bonds is 3. The van der Waals surface area contributed by atoms with E-state index >= 15 is 0 Å². The minimum atomic E-state index is -1.26. The summed E-state index contributed by atoms with van der Waals surface area (Å²) in [5, 5.41) is 19.8. The van der Waals surface area contributed by atoms with Crippen LogP contribution < -0.4 is 0 Å². The molecule has 0 radical (unpaired) electrons. The van der Waals surface area contributed by atoms with Crippen LogP contribution in [0.1, 0.15) is 22.8 Å². The predicted molar refractivity (Wildman–Crippen MR) is 70.7 cm³/mol. The quantitative estimate of drug-likeness (QED) is 0.793. The molecule has 3 heteroatoms. The summed E-state index contributed by atoms with van der Waals surface area (Å²) in [5.74, 6) is 0.337. The predicted octanol–water partition coefficient (Wildman–Crippen LogP) is 3.38. The third-order valence-corrected chi connectivity index (χ3v) is 4.32. The molecule has 1 aromatic rings. The Morgan fingerprint density at radius 1 is 1.12 bits per heavy atom. The highest BCUT2D eigenvalue weighted by Gasteiger charge is 2.20. The van der Waals surface area contributed by atoms with Gasteiger partial charge < -0.3 is 10.2 Å². The second kappa shape index (κ2) is 4.59. The van der Waals surface area contributed by atoms with Gasteiger partial charge in [0.15, 0.2) is 0 Å². The van der Waals surface area contributed by atoms with Gasteiger partial charge in [0.1, 0.15) is 5.75 Å². The normalized spacial score (nSPS) is 13.9. The minimum absolute atomic E-state index is 0.337.